The van der Waals surface area contributed by atoms with E-state index in [2.05, 4.69) is 20.7 Å². The number of ether oxygens (including phenoxy) is 2. The van der Waals surface area contributed by atoms with Gasteiger partial charge in [0.2, 0.25) is 11.7 Å². The van der Waals surface area contributed by atoms with Crippen molar-refractivity contribution in [1.82, 2.24) is 14.8 Å². The molecule has 13 heteroatoms. The van der Waals surface area contributed by atoms with E-state index in [4.69, 9.17) is 32.7 Å². The second-order valence-electron chi connectivity index (χ2n) is 10.5. The van der Waals surface area contributed by atoms with Crippen molar-refractivity contribution in [2.24, 2.45) is 0 Å². The van der Waals surface area contributed by atoms with Crippen LogP contribution in [0.15, 0.2) is 33.9 Å². The Hall–Kier alpha value is -3.83. The molecule has 39 heavy (non-hydrogen) atoms. The number of aromatic amines is 1. The Morgan fingerprint density at radius 3 is 2.36 bits per heavy atom. The van der Waals surface area contributed by atoms with Gasteiger partial charge in [-0.05, 0) is 75.9 Å². The van der Waals surface area contributed by atoms with Crippen LogP contribution < -0.4 is 26.6 Å². The molecular weight excluding hydrogens is 549 g/mol. The zero-order valence-electron chi connectivity index (χ0n) is 21.5. The number of nitrogens with zero attached hydrogens (tertiary/aromatic N) is 2. The van der Waals surface area contributed by atoms with Crippen LogP contribution in [0, 0.1) is 6.92 Å². The minimum Gasteiger partial charge on any atom is -0.454 e. The highest BCUT2D eigenvalue weighted by molar-refractivity contribution is 6.37. The Bertz CT molecular complexity index is 1630. The number of carbonyl (C=O) groups is 2. The average Bonchev–Trinajstić information content (AvgIpc) is 3.09. The van der Waals surface area contributed by atoms with Crippen molar-refractivity contribution in [3.8, 4) is 17.2 Å². The molecule has 2 heterocycles. The summed E-state index contributed by atoms with van der Waals surface area (Å²) in [6, 6.07) is 6.36. The maximum absolute atomic E-state index is 12.7. The molecule has 0 bridgehead atoms. The molecule has 3 N–H and O–H groups in total. The van der Waals surface area contributed by atoms with E-state index in [1.165, 1.54) is 12.1 Å². The molecule has 1 fully saturated rings. The van der Waals surface area contributed by atoms with Gasteiger partial charge in [0.1, 0.15) is 11.4 Å². The molecule has 2 amide bonds. The van der Waals surface area contributed by atoms with Gasteiger partial charge in [0, 0.05) is 5.69 Å². The number of hydrogen-bond acceptors (Lipinski definition) is 7. The van der Waals surface area contributed by atoms with Crippen molar-refractivity contribution in [2.45, 2.75) is 58.0 Å². The largest absolute Gasteiger partial charge is 0.454 e. The number of benzene rings is 2. The normalized spacial score (nSPS) is 15.4. The molecule has 1 aromatic heterocycles. The molecule has 1 spiro atoms. The summed E-state index contributed by atoms with van der Waals surface area (Å²) in [5.41, 5.74) is -0.485. The molecule has 1 saturated carbocycles. The molecule has 2 aliphatic rings. The predicted octanol–water partition coefficient (Wildman–Crippen LogP) is 5.05. The summed E-state index contributed by atoms with van der Waals surface area (Å²) in [6.07, 6.45) is 1.60. The molecule has 204 valence electrons. The number of aryl methyl sites for hydroxylation is 1. The third-order valence-electron chi connectivity index (χ3n) is 6.60. The maximum atomic E-state index is 12.7. The van der Waals surface area contributed by atoms with E-state index in [-0.39, 0.29) is 27.4 Å². The van der Waals surface area contributed by atoms with Crippen molar-refractivity contribution in [3.05, 3.63) is 66.3 Å². The number of anilines is 2. The highest BCUT2D eigenvalue weighted by atomic mass is 35.5. The number of H-pyrrole nitrogens is 1. The fourth-order valence-electron chi connectivity index (χ4n) is 4.68. The van der Waals surface area contributed by atoms with Crippen LogP contribution in [0.2, 0.25) is 10.0 Å². The minimum absolute atomic E-state index is 0.00351. The summed E-state index contributed by atoms with van der Waals surface area (Å²) in [6.45, 7) is 6.85. The summed E-state index contributed by atoms with van der Waals surface area (Å²) in [7, 11) is 0. The van der Waals surface area contributed by atoms with Gasteiger partial charge in [-0.3, -0.25) is 19.9 Å². The first-order chi connectivity index (χ1) is 18.3. The van der Waals surface area contributed by atoms with Crippen LogP contribution in [0.5, 0.6) is 11.5 Å². The van der Waals surface area contributed by atoms with Gasteiger partial charge in [0.15, 0.2) is 5.75 Å². The third kappa shape index (κ3) is 4.87. The van der Waals surface area contributed by atoms with Gasteiger partial charge in [-0.2, -0.15) is 4.68 Å². The summed E-state index contributed by atoms with van der Waals surface area (Å²) in [5, 5.41) is 9.29. The summed E-state index contributed by atoms with van der Waals surface area (Å²) in [4.78, 5) is 51.6. The Balaban J connectivity index is 1.46. The lowest BCUT2D eigenvalue weighted by molar-refractivity contribution is -0.123. The fraction of sp³-hybridized carbons (Fsp3) is 0.346. The Morgan fingerprint density at radius 1 is 1.10 bits per heavy atom. The summed E-state index contributed by atoms with van der Waals surface area (Å²) >= 11 is 13.0. The van der Waals surface area contributed by atoms with Crippen LogP contribution in [0.4, 0.5) is 16.3 Å². The van der Waals surface area contributed by atoms with Crippen molar-refractivity contribution in [3.63, 3.8) is 0 Å². The number of fused-ring (bicyclic) bond motifs is 2. The number of rotatable bonds is 4. The van der Waals surface area contributed by atoms with E-state index >= 15 is 0 Å². The Kier molecular flexibility index (Phi) is 6.47. The summed E-state index contributed by atoms with van der Waals surface area (Å²) < 4.78 is 12.0. The monoisotopic (exact) mass is 573 g/mol. The number of aromatic nitrogens is 3. The van der Waals surface area contributed by atoms with Crippen molar-refractivity contribution < 1.29 is 19.1 Å². The van der Waals surface area contributed by atoms with Gasteiger partial charge in [0.25, 0.3) is 5.56 Å². The number of halogens is 2. The van der Waals surface area contributed by atoms with Crippen LogP contribution in [-0.4, -0.2) is 32.4 Å². The lowest BCUT2D eigenvalue weighted by Crippen LogP contribution is -2.40. The number of hydrogen-bond donors (Lipinski definition) is 3. The molecule has 2 aromatic carbocycles. The number of amides is 2. The highest BCUT2D eigenvalue weighted by Gasteiger charge is 2.51. The molecule has 0 atom stereocenters. The smallest absolute Gasteiger partial charge is 0.413 e. The van der Waals surface area contributed by atoms with Gasteiger partial charge in [-0.1, -0.05) is 29.6 Å². The molecule has 0 unspecified atom stereocenters. The SMILES string of the molecule is Cc1cc(Oc2c(Cl)cc(-n3nc(NC(=O)OC(C)(C)C)c(=O)[nH]c3=O)cc2Cl)cc2c1NC(=O)C21CCC1. The average molecular weight is 574 g/mol. The maximum Gasteiger partial charge on any atom is 0.413 e. The van der Waals surface area contributed by atoms with Gasteiger partial charge in [-0.25, -0.2) is 9.59 Å². The van der Waals surface area contributed by atoms with E-state index < -0.39 is 34.2 Å². The lowest BCUT2D eigenvalue weighted by Gasteiger charge is -2.36. The van der Waals surface area contributed by atoms with E-state index in [9.17, 15) is 19.2 Å². The van der Waals surface area contributed by atoms with Gasteiger partial charge < -0.3 is 14.8 Å². The van der Waals surface area contributed by atoms with Gasteiger partial charge in [0.05, 0.1) is 21.1 Å². The lowest BCUT2D eigenvalue weighted by atomic mass is 9.65. The molecule has 1 aliphatic carbocycles. The van der Waals surface area contributed by atoms with Crippen molar-refractivity contribution in [1.29, 1.82) is 0 Å². The van der Waals surface area contributed by atoms with E-state index in [0.29, 0.717) is 5.75 Å². The van der Waals surface area contributed by atoms with Crippen LogP contribution in [0.1, 0.15) is 51.2 Å². The first kappa shape index (κ1) is 26.8. The molecular formula is C26H25Cl2N5O6. The van der Waals surface area contributed by atoms with Gasteiger partial charge in [-0.15, -0.1) is 5.10 Å². The van der Waals surface area contributed by atoms with Crippen LogP contribution >= 0.6 is 23.2 Å². The van der Waals surface area contributed by atoms with E-state index in [1.54, 1.807) is 26.8 Å². The number of carbonyl (C=O) groups excluding carboxylic acids is 2. The molecule has 11 nitrogen and oxygen atoms in total. The van der Waals surface area contributed by atoms with Gasteiger partial charge >= 0.3 is 11.8 Å². The topological polar surface area (TPSA) is 144 Å². The Morgan fingerprint density at radius 2 is 1.77 bits per heavy atom. The van der Waals surface area contributed by atoms with Crippen LogP contribution in [0.3, 0.4) is 0 Å². The third-order valence-corrected chi connectivity index (χ3v) is 7.16. The first-order valence-corrected chi connectivity index (χ1v) is 12.9. The predicted molar refractivity (Wildman–Crippen MR) is 146 cm³/mol. The molecule has 0 radical (unpaired) electrons. The van der Waals surface area contributed by atoms with Crippen molar-refractivity contribution in [2.75, 3.05) is 10.6 Å². The van der Waals surface area contributed by atoms with E-state index in [0.717, 1.165) is 40.8 Å². The fourth-order valence-corrected chi connectivity index (χ4v) is 5.23. The van der Waals surface area contributed by atoms with Crippen LogP contribution in [-0.2, 0) is 14.9 Å². The molecule has 3 aromatic rings. The second-order valence-corrected chi connectivity index (χ2v) is 11.4. The zero-order chi connectivity index (χ0) is 28.3. The highest BCUT2D eigenvalue weighted by Crippen LogP contribution is 2.53. The molecule has 0 saturated heterocycles. The van der Waals surface area contributed by atoms with E-state index in [1.807, 2.05) is 13.0 Å². The zero-order valence-corrected chi connectivity index (χ0v) is 23.0. The number of nitrogens with one attached hydrogen (secondary N) is 3. The standard InChI is InChI=1S/C26H25Cl2N5O6/c1-12-8-14(11-15-18(12)29-22(35)26(15)6-5-7-26)38-19-16(27)9-13(10-17(19)28)33-23(36)31-21(34)20(32-33)30-24(37)39-25(2,3)4/h8-11H,5-7H2,1-4H3,(H,29,35)(H,30,32,37)(H,31,34,36). The second kappa shape index (κ2) is 9.42. The van der Waals surface area contributed by atoms with Crippen molar-refractivity contribution >= 4 is 46.7 Å². The summed E-state index contributed by atoms with van der Waals surface area (Å²) in [5.74, 6) is 0.126. The Labute approximate surface area is 232 Å². The molecule has 5 rings (SSSR count). The van der Waals surface area contributed by atoms with Crippen LogP contribution in [0.25, 0.3) is 5.69 Å². The minimum atomic E-state index is -0.921. The molecule has 1 aliphatic heterocycles. The first-order valence-electron chi connectivity index (χ1n) is 12.1. The quantitative estimate of drug-likeness (QED) is 0.396.